The van der Waals surface area contributed by atoms with Gasteiger partial charge in [-0.15, -0.1) is 0 Å². The fourth-order valence-electron chi connectivity index (χ4n) is 2.02. The highest BCUT2D eigenvalue weighted by Gasteiger charge is 2.17. The summed E-state index contributed by atoms with van der Waals surface area (Å²) >= 11 is 0. The van der Waals surface area contributed by atoms with Gasteiger partial charge in [-0.1, -0.05) is 0 Å². The minimum atomic E-state index is -0.450. The highest BCUT2D eigenvalue weighted by molar-refractivity contribution is 5.74. The summed E-state index contributed by atoms with van der Waals surface area (Å²) in [5.41, 5.74) is 1.66. The Kier molecular flexibility index (Phi) is 3.13. The fourth-order valence-corrected chi connectivity index (χ4v) is 2.02. The monoisotopic (exact) mass is 290 g/mol. The molecule has 110 valence electrons. The standard InChI is InChI=1S/C13H14N4O4/c1-8(18)14-5-10-6-17(7-20-10)9-3-11-12(15-4-9)16(2)13(19)21-11/h3-4,6H,5,7H2,1-2H3,(H,14,18). The molecule has 2 aromatic heterocycles. The molecule has 0 bridgehead atoms. The molecular weight excluding hydrogens is 276 g/mol. The average Bonchev–Trinajstić information content (AvgIpc) is 3.02. The van der Waals surface area contributed by atoms with Gasteiger partial charge in [-0.3, -0.25) is 9.36 Å². The molecule has 0 aliphatic carbocycles. The molecule has 0 saturated carbocycles. The van der Waals surface area contributed by atoms with Crippen LogP contribution in [-0.4, -0.2) is 28.7 Å². The molecule has 0 saturated heterocycles. The van der Waals surface area contributed by atoms with Gasteiger partial charge >= 0.3 is 5.76 Å². The summed E-state index contributed by atoms with van der Waals surface area (Å²) in [7, 11) is 1.60. The fraction of sp³-hybridized carbons (Fsp3) is 0.308. The number of nitrogens with zero attached hydrogens (tertiary/aromatic N) is 3. The number of hydrogen-bond donors (Lipinski definition) is 1. The molecular formula is C13H14N4O4. The third kappa shape index (κ3) is 2.47. The SMILES string of the molecule is CC(=O)NCC1=CN(c2cnc3c(c2)oc(=O)n3C)CO1. The van der Waals surface area contributed by atoms with Gasteiger partial charge in [0.1, 0.15) is 5.76 Å². The van der Waals surface area contributed by atoms with Crippen molar-refractivity contribution in [1.82, 2.24) is 14.9 Å². The van der Waals surface area contributed by atoms with Crippen molar-refractivity contribution in [2.75, 3.05) is 18.2 Å². The maximum atomic E-state index is 11.4. The number of aryl methyl sites for hydroxylation is 1. The van der Waals surface area contributed by atoms with Crippen LogP contribution in [0.1, 0.15) is 6.92 Å². The van der Waals surface area contributed by atoms with Crippen LogP contribution in [-0.2, 0) is 16.6 Å². The second kappa shape index (κ2) is 4.97. The molecule has 21 heavy (non-hydrogen) atoms. The van der Waals surface area contributed by atoms with E-state index in [1.165, 1.54) is 11.5 Å². The summed E-state index contributed by atoms with van der Waals surface area (Å²) in [6.07, 6.45) is 3.42. The second-order valence-corrected chi connectivity index (χ2v) is 4.69. The number of carbonyl (C=O) groups is 1. The Morgan fingerprint density at radius 1 is 1.52 bits per heavy atom. The van der Waals surface area contributed by atoms with E-state index in [0.717, 1.165) is 5.69 Å². The van der Waals surface area contributed by atoms with Crippen molar-refractivity contribution in [2.45, 2.75) is 6.92 Å². The Hall–Kier alpha value is -2.77. The van der Waals surface area contributed by atoms with Gasteiger partial charge in [0.15, 0.2) is 18.0 Å². The van der Waals surface area contributed by atoms with Crippen molar-refractivity contribution in [2.24, 2.45) is 7.05 Å². The Bertz CT molecular complexity index is 789. The number of rotatable bonds is 3. The van der Waals surface area contributed by atoms with E-state index in [4.69, 9.17) is 9.15 Å². The highest BCUT2D eigenvalue weighted by Crippen LogP contribution is 2.23. The van der Waals surface area contributed by atoms with E-state index < -0.39 is 5.76 Å². The van der Waals surface area contributed by atoms with E-state index in [9.17, 15) is 9.59 Å². The lowest BCUT2D eigenvalue weighted by molar-refractivity contribution is -0.118. The Labute approximate surface area is 119 Å². The first-order chi connectivity index (χ1) is 10.0. The summed E-state index contributed by atoms with van der Waals surface area (Å²) < 4.78 is 11.9. The van der Waals surface area contributed by atoms with E-state index in [2.05, 4.69) is 10.3 Å². The smallest absolute Gasteiger partial charge is 0.420 e. The van der Waals surface area contributed by atoms with Crippen LogP contribution < -0.4 is 16.0 Å². The van der Waals surface area contributed by atoms with Crippen LogP contribution >= 0.6 is 0 Å². The molecule has 0 radical (unpaired) electrons. The second-order valence-electron chi connectivity index (χ2n) is 4.69. The number of aromatic nitrogens is 2. The van der Waals surface area contributed by atoms with Crippen LogP contribution in [0.4, 0.5) is 5.69 Å². The van der Waals surface area contributed by atoms with E-state index in [-0.39, 0.29) is 5.91 Å². The third-order valence-corrected chi connectivity index (χ3v) is 3.14. The van der Waals surface area contributed by atoms with Crippen LogP contribution in [0, 0.1) is 0 Å². The minimum Gasteiger partial charge on any atom is -0.474 e. The molecule has 2 aromatic rings. The van der Waals surface area contributed by atoms with Gasteiger partial charge in [0.2, 0.25) is 5.91 Å². The Balaban J connectivity index is 1.84. The quantitative estimate of drug-likeness (QED) is 0.874. The maximum absolute atomic E-state index is 11.4. The van der Waals surface area contributed by atoms with Gasteiger partial charge in [-0.2, -0.15) is 0 Å². The molecule has 1 aliphatic rings. The molecule has 0 aromatic carbocycles. The van der Waals surface area contributed by atoms with Gasteiger partial charge < -0.3 is 19.4 Å². The summed E-state index contributed by atoms with van der Waals surface area (Å²) in [5, 5.41) is 2.66. The minimum absolute atomic E-state index is 0.118. The van der Waals surface area contributed by atoms with Crippen LogP contribution in [0.5, 0.6) is 0 Å². The van der Waals surface area contributed by atoms with E-state index in [0.29, 0.717) is 30.3 Å². The molecule has 8 heteroatoms. The average molecular weight is 290 g/mol. The number of hydrogen-bond acceptors (Lipinski definition) is 6. The maximum Gasteiger partial charge on any atom is 0.420 e. The predicted molar refractivity (Wildman–Crippen MR) is 74.4 cm³/mol. The lowest BCUT2D eigenvalue weighted by Crippen LogP contribution is -2.22. The normalized spacial score (nSPS) is 14.2. The molecule has 0 fully saturated rings. The molecule has 0 atom stereocenters. The molecule has 1 aliphatic heterocycles. The largest absolute Gasteiger partial charge is 0.474 e. The van der Waals surface area contributed by atoms with Crippen LogP contribution in [0.2, 0.25) is 0 Å². The van der Waals surface area contributed by atoms with Crippen molar-refractivity contribution in [3.05, 3.63) is 34.8 Å². The van der Waals surface area contributed by atoms with Crippen molar-refractivity contribution in [3.8, 4) is 0 Å². The molecule has 0 spiro atoms. The van der Waals surface area contributed by atoms with Gasteiger partial charge in [0, 0.05) is 26.2 Å². The number of amides is 1. The van der Waals surface area contributed by atoms with E-state index in [1.54, 1.807) is 25.5 Å². The Morgan fingerprint density at radius 2 is 2.33 bits per heavy atom. The van der Waals surface area contributed by atoms with Crippen LogP contribution in [0.3, 0.4) is 0 Å². The van der Waals surface area contributed by atoms with E-state index >= 15 is 0 Å². The Morgan fingerprint density at radius 3 is 3.10 bits per heavy atom. The zero-order valence-corrected chi connectivity index (χ0v) is 11.6. The summed E-state index contributed by atoms with van der Waals surface area (Å²) in [4.78, 5) is 28.3. The van der Waals surface area contributed by atoms with Crippen molar-refractivity contribution in [1.29, 1.82) is 0 Å². The molecule has 1 N–H and O–H groups in total. The van der Waals surface area contributed by atoms with Gasteiger partial charge in [0.25, 0.3) is 0 Å². The highest BCUT2D eigenvalue weighted by atomic mass is 16.5. The van der Waals surface area contributed by atoms with Crippen molar-refractivity contribution in [3.63, 3.8) is 0 Å². The van der Waals surface area contributed by atoms with Crippen molar-refractivity contribution < 1.29 is 13.9 Å². The predicted octanol–water partition coefficient (Wildman–Crippen LogP) is 0.298. The summed E-state index contributed by atoms with van der Waals surface area (Å²) in [6.45, 7) is 2.10. The lowest BCUT2D eigenvalue weighted by atomic mass is 10.3. The zero-order chi connectivity index (χ0) is 15.0. The topological polar surface area (TPSA) is 89.6 Å². The first kappa shape index (κ1) is 13.2. The number of anilines is 1. The summed E-state index contributed by atoms with van der Waals surface area (Å²) in [6, 6.07) is 1.73. The molecule has 0 unspecified atom stereocenters. The number of oxazole rings is 1. The molecule has 3 rings (SSSR count). The molecule has 1 amide bonds. The number of nitrogens with one attached hydrogen (secondary N) is 1. The van der Waals surface area contributed by atoms with Gasteiger partial charge in [0.05, 0.1) is 18.4 Å². The van der Waals surface area contributed by atoms with Crippen LogP contribution in [0.25, 0.3) is 11.2 Å². The zero-order valence-electron chi connectivity index (χ0n) is 11.6. The van der Waals surface area contributed by atoms with Crippen LogP contribution in [0.15, 0.2) is 33.4 Å². The van der Waals surface area contributed by atoms with Gasteiger partial charge in [-0.25, -0.2) is 9.78 Å². The number of fused-ring (bicyclic) bond motifs is 1. The molecule has 8 nitrogen and oxygen atoms in total. The van der Waals surface area contributed by atoms with E-state index in [1.807, 2.05) is 4.90 Å². The first-order valence-electron chi connectivity index (χ1n) is 6.35. The lowest BCUT2D eigenvalue weighted by Gasteiger charge is -2.12. The first-order valence-corrected chi connectivity index (χ1v) is 6.35. The molecule has 3 heterocycles. The number of carbonyl (C=O) groups excluding carboxylic acids is 1. The number of pyridine rings is 1. The summed E-state index contributed by atoms with van der Waals surface area (Å²) in [5.74, 6) is 0.0844. The van der Waals surface area contributed by atoms with Crippen molar-refractivity contribution >= 4 is 22.8 Å². The van der Waals surface area contributed by atoms with Gasteiger partial charge in [-0.05, 0) is 0 Å². The number of ether oxygens (including phenoxy) is 1. The third-order valence-electron chi connectivity index (χ3n) is 3.14.